The number of amidine groups is 1. The maximum Gasteiger partial charge on any atom is 0.160 e. The summed E-state index contributed by atoms with van der Waals surface area (Å²) >= 11 is 1.89. The lowest BCUT2D eigenvalue weighted by atomic mass is 9.96. The van der Waals surface area contributed by atoms with Gasteiger partial charge in [-0.2, -0.15) is 0 Å². The average molecular weight is 417 g/mol. The Balaban J connectivity index is 1.65. The zero-order valence-corrected chi connectivity index (χ0v) is 19.1. The minimum absolute atomic E-state index is 0.0359. The number of hydrogen-bond acceptors (Lipinski definition) is 4. The van der Waals surface area contributed by atoms with Crippen LogP contribution in [0.1, 0.15) is 52.8 Å². The molecule has 2 aliphatic heterocycles. The smallest absolute Gasteiger partial charge is 0.160 e. The Morgan fingerprint density at radius 3 is 2.63 bits per heavy atom. The quantitative estimate of drug-likeness (QED) is 0.549. The van der Waals surface area contributed by atoms with Crippen molar-refractivity contribution in [1.82, 2.24) is 14.5 Å². The predicted octanol–water partition coefficient (Wildman–Crippen LogP) is 5.70. The number of fused-ring (bicyclic) bond motifs is 1. The largest absolute Gasteiger partial charge is 0.341 e. The zero-order chi connectivity index (χ0) is 21.0. The molecular weight excluding hydrogens is 388 g/mol. The van der Waals surface area contributed by atoms with Gasteiger partial charge in [0.1, 0.15) is 6.04 Å². The van der Waals surface area contributed by atoms with Crippen molar-refractivity contribution in [2.75, 3.05) is 6.54 Å². The van der Waals surface area contributed by atoms with E-state index in [-0.39, 0.29) is 12.1 Å². The van der Waals surface area contributed by atoms with Crippen LogP contribution >= 0.6 is 11.8 Å². The molecule has 0 radical (unpaired) electrons. The third-order valence-corrected chi connectivity index (χ3v) is 7.59. The Bertz CT molecular complexity index is 1130. The van der Waals surface area contributed by atoms with Crippen LogP contribution in [0.2, 0.25) is 0 Å². The molecule has 1 fully saturated rings. The summed E-state index contributed by atoms with van der Waals surface area (Å²) in [7, 11) is 0. The van der Waals surface area contributed by atoms with Gasteiger partial charge in [0, 0.05) is 35.1 Å². The summed E-state index contributed by atoms with van der Waals surface area (Å²) < 4.78 is 2.41. The average Bonchev–Trinajstić information content (AvgIpc) is 3.35. The summed E-state index contributed by atoms with van der Waals surface area (Å²) in [6.45, 7) is 12.2. The van der Waals surface area contributed by atoms with Gasteiger partial charge in [-0.05, 0) is 68.7 Å². The molecule has 30 heavy (non-hydrogen) atoms. The molecule has 0 amide bonds. The van der Waals surface area contributed by atoms with E-state index in [2.05, 4.69) is 85.5 Å². The third-order valence-electron chi connectivity index (χ3n) is 6.49. The molecule has 2 aliphatic rings. The normalized spacial score (nSPS) is 23.0. The summed E-state index contributed by atoms with van der Waals surface area (Å²) in [6, 6.07) is 15.3. The number of thioether (sulfide) groups is 1. The molecule has 4 nitrogen and oxygen atoms in total. The monoisotopic (exact) mass is 416 g/mol. The number of aromatic nitrogens is 2. The van der Waals surface area contributed by atoms with Gasteiger partial charge in [0.05, 0.1) is 11.7 Å². The fourth-order valence-electron chi connectivity index (χ4n) is 4.89. The summed E-state index contributed by atoms with van der Waals surface area (Å²) in [5, 5.41) is 1.73. The van der Waals surface area contributed by atoms with E-state index < -0.39 is 0 Å². The van der Waals surface area contributed by atoms with Crippen LogP contribution in [0, 0.1) is 27.7 Å². The van der Waals surface area contributed by atoms with Gasteiger partial charge in [0.2, 0.25) is 0 Å². The molecule has 154 valence electrons. The molecule has 4 heterocycles. The maximum absolute atomic E-state index is 5.15. The Kier molecular flexibility index (Phi) is 4.73. The van der Waals surface area contributed by atoms with E-state index in [0.29, 0.717) is 5.25 Å². The fraction of sp³-hybridized carbons (Fsp3) is 0.360. The summed E-state index contributed by atoms with van der Waals surface area (Å²) in [5.74, 6) is 0. The van der Waals surface area contributed by atoms with Gasteiger partial charge in [-0.15, -0.1) is 0 Å². The molecule has 3 atom stereocenters. The van der Waals surface area contributed by atoms with E-state index in [0.717, 1.165) is 12.2 Å². The third kappa shape index (κ3) is 2.99. The molecule has 3 aromatic rings. The van der Waals surface area contributed by atoms with E-state index in [9.17, 15) is 0 Å². The highest BCUT2D eigenvalue weighted by Gasteiger charge is 2.44. The van der Waals surface area contributed by atoms with Crippen molar-refractivity contribution >= 4 is 16.9 Å². The molecule has 3 unspecified atom stereocenters. The molecule has 0 spiro atoms. The van der Waals surface area contributed by atoms with Crippen LogP contribution in [-0.4, -0.2) is 31.4 Å². The van der Waals surface area contributed by atoms with Gasteiger partial charge < -0.3 is 9.47 Å². The zero-order valence-electron chi connectivity index (χ0n) is 18.3. The van der Waals surface area contributed by atoms with Crippen molar-refractivity contribution in [2.24, 2.45) is 4.99 Å². The molecule has 2 aromatic heterocycles. The molecule has 5 rings (SSSR count). The van der Waals surface area contributed by atoms with E-state index in [1.54, 1.807) is 0 Å². The highest BCUT2D eigenvalue weighted by molar-refractivity contribution is 8.14. The van der Waals surface area contributed by atoms with Gasteiger partial charge in [0.25, 0.3) is 0 Å². The minimum Gasteiger partial charge on any atom is -0.341 e. The van der Waals surface area contributed by atoms with Crippen LogP contribution in [0.5, 0.6) is 0 Å². The van der Waals surface area contributed by atoms with Crippen molar-refractivity contribution in [3.63, 3.8) is 0 Å². The Morgan fingerprint density at radius 1 is 1.03 bits per heavy atom. The summed E-state index contributed by atoms with van der Waals surface area (Å²) in [6.07, 6.45) is 1.88. The van der Waals surface area contributed by atoms with Crippen LogP contribution < -0.4 is 0 Å². The van der Waals surface area contributed by atoms with Gasteiger partial charge in [0.15, 0.2) is 5.17 Å². The highest BCUT2D eigenvalue weighted by Crippen LogP contribution is 2.49. The number of benzene rings is 1. The second-order valence-corrected chi connectivity index (χ2v) is 9.92. The second kappa shape index (κ2) is 7.31. The SMILES string of the molecule is Cc1cccc(-n2c(C)cc(C3C(c4ccccn4)N=C4SC(C)CN43)c2C)c1C. The van der Waals surface area contributed by atoms with E-state index >= 15 is 0 Å². The lowest BCUT2D eigenvalue weighted by Crippen LogP contribution is -2.28. The van der Waals surface area contributed by atoms with Gasteiger partial charge in [-0.1, -0.05) is 36.9 Å². The van der Waals surface area contributed by atoms with Gasteiger partial charge >= 0.3 is 0 Å². The number of aryl methyl sites for hydroxylation is 2. The number of aliphatic imine (C=N–C) groups is 1. The summed E-state index contributed by atoms with van der Waals surface area (Å²) in [4.78, 5) is 12.3. The van der Waals surface area contributed by atoms with Crippen molar-refractivity contribution < 1.29 is 0 Å². The lowest BCUT2D eigenvalue weighted by Gasteiger charge is -2.27. The first-order valence-electron chi connectivity index (χ1n) is 10.6. The van der Waals surface area contributed by atoms with Crippen molar-refractivity contribution in [1.29, 1.82) is 0 Å². The maximum atomic E-state index is 5.15. The molecule has 1 aromatic carbocycles. The first-order valence-corrected chi connectivity index (χ1v) is 11.5. The van der Waals surface area contributed by atoms with Gasteiger partial charge in [-0.3, -0.25) is 9.98 Å². The Morgan fingerprint density at radius 2 is 1.87 bits per heavy atom. The standard InChI is InChI=1S/C25H28N4S/c1-15-9-8-11-22(18(15)4)29-16(2)13-20(19(29)5)24-23(21-10-6-7-12-26-21)27-25-28(24)14-17(3)30-25/h6-13,17,23-24H,14H2,1-5H3. The van der Waals surface area contributed by atoms with Crippen LogP contribution in [0.3, 0.4) is 0 Å². The van der Waals surface area contributed by atoms with Crippen molar-refractivity contribution in [2.45, 2.75) is 52.0 Å². The first kappa shape index (κ1) is 19.4. The Labute approximate surface area is 183 Å². The van der Waals surface area contributed by atoms with Crippen LogP contribution in [0.15, 0.2) is 53.7 Å². The van der Waals surface area contributed by atoms with Crippen molar-refractivity contribution in [3.8, 4) is 5.69 Å². The molecule has 5 heteroatoms. The first-order chi connectivity index (χ1) is 14.5. The van der Waals surface area contributed by atoms with E-state index in [1.165, 1.54) is 38.9 Å². The minimum atomic E-state index is 0.0359. The number of hydrogen-bond donors (Lipinski definition) is 0. The van der Waals surface area contributed by atoms with Crippen molar-refractivity contribution in [3.05, 3.63) is 82.4 Å². The highest BCUT2D eigenvalue weighted by atomic mass is 32.2. The van der Waals surface area contributed by atoms with E-state index in [4.69, 9.17) is 4.99 Å². The molecule has 0 saturated carbocycles. The lowest BCUT2D eigenvalue weighted by molar-refractivity contribution is 0.320. The van der Waals surface area contributed by atoms with Crippen LogP contribution in [0.25, 0.3) is 5.69 Å². The molecule has 0 bridgehead atoms. The molecule has 1 saturated heterocycles. The van der Waals surface area contributed by atoms with E-state index in [1.807, 2.05) is 24.0 Å². The number of rotatable bonds is 3. The van der Waals surface area contributed by atoms with Gasteiger partial charge in [-0.25, -0.2) is 0 Å². The predicted molar refractivity (Wildman–Crippen MR) is 126 cm³/mol. The molecular formula is C25H28N4S. The topological polar surface area (TPSA) is 33.4 Å². The summed E-state index contributed by atoms with van der Waals surface area (Å²) in [5.41, 5.74) is 8.91. The Hall–Kier alpha value is -2.53. The fourth-order valence-corrected chi connectivity index (χ4v) is 5.98. The molecule has 0 aliphatic carbocycles. The number of pyridine rings is 1. The number of nitrogens with zero attached hydrogens (tertiary/aromatic N) is 4. The second-order valence-electron chi connectivity index (χ2n) is 8.52. The van der Waals surface area contributed by atoms with Crippen LogP contribution in [-0.2, 0) is 0 Å². The molecule has 0 N–H and O–H groups in total. The van der Waals surface area contributed by atoms with Crippen LogP contribution in [0.4, 0.5) is 0 Å².